The second-order valence-electron chi connectivity index (χ2n) is 8.70. The molecule has 0 saturated heterocycles. The van der Waals surface area contributed by atoms with Crippen LogP contribution in [0.4, 0.5) is 17.5 Å². The molecule has 1 aliphatic rings. The summed E-state index contributed by atoms with van der Waals surface area (Å²) < 4.78 is 0. The Labute approximate surface area is 203 Å². The third kappa shape index (κ3) is 4.58. The number of benzene rings is 2. The van der Waals surface area contributed by atoms with Gasteiger partial charge in [0.15, 0.2) is 0 Å². The van der Waals surface area contributed by atoms with E-state index in [4.69, 9.17) is 0 Å². The molecule has 0 saturated carbocycles. The van der Waals surface area contributed by atoms with Crippen LogP contribution in [0.5, 0.6) is 0 Å². The number of hydrogen-bond acceptors (Lipinski definition) is 7. The number of aliphatic hydroxyl groups excluding tert-OH is 1. The highest BCUT2D eigenvalue weighted by atomic mass is 16.4. The Hall–Kier alpha value is -4.24. The maximum Gasteiger partial charge on any atom is 0.341 e. The first-order valence-corrected chi connectivity index (χ1v) is 11.1. The van der Waals surface area contributed by atoms with Crippen molar-refractivity contribution >= 4 is 29.3 Å². The lowest BCUT2D eigenvalue weighted by atomic mass is 9.93. The standard InChI is InChI=1S/C26H27N5O4/c1-4-12-31-23(33)18-11-10-17(13-20(18)26(31,2)3)28-25-27-14-19(24(34)35)22(30-25)29-21(15-32)16-8-6-5-7-9-16/h4-11,13-14,21,32H,1,12,15H2,2-3H3,(H,34,35)(H2,27,28,29,30)/t21-/m1/s1. The predicted molar refractivity (Wildman–Crippen MR) is 133 cm³/mol. The Morgan fingerprint density at radius 3 is 2.63 bits per heavy atom. The van der Waals surface area contributed by atoms with E-state index in [9.17, 15) is 19.8 Å². The van der Waals surface area contributed by atoms with E-state index in [0.717, 1.165) is 11.1 Å². The van der Waals surface area contributed by atoms with E-state index in [-0.39, 0.29) is 29.8 Å². The van der Waals surface area contributed by atoms with Crippen LogP contribution in [-0.4, -0.2) is 50.1 Å². The van der Waals surface area contributed by atoms with Crippen LogP contribution in [0, 0.1) is 0 Å². The number of hydrogen-bond donors (Lipinski definition) is 4. The number of aromatic nitrogens is 2. The lowest BCUT2D eigenvalue weighted by molar-refractivity contribution is 0.0650. The van der Waals surface area contributed by atoms with Crippen molar-refractivity contribution in [3.8, 4) is 0 Å². The first-order valence-electron chi connectivity index (χ1n) is 11.1. The average Bonchev–Trinajstić information content (AvgIpc) is 3.03. The number of fused-ring (bicyclic) bond motifs is 1. The highest BCUT2D eigenvalue weighted by Gasteiger charge is 2.42. The number of aliphatic hydroxyl groups is 1. The van der Waals surface area contributed by atoms with Crippen LogP contribution in [-0.2, 0) is 5.54 Å². The van der Waals surface area contributed by atoms with Crippen LogP contribution in [0.1, 0.15) is 51.7 Å². The molecule has 2 heterocycles. The van der Waals surface area contributed by atoms with Gasteiger partial charge in [0.25, 0.3) is 5.91 Å². The van der Waals surface area contributed by atoms with Crippen molar-refractivity contribution in [2.24, 2.45) is 0 Å². The minimum atomic E-state index is -1.19. The molecule has 1 amide bonds. The fraction of sp³-hybridized carbons (Fsp3) is 0.231. The molecule has 1 atom stereocenters. The van der Waals surface area contributed by atoms with Gasteiger partial charge in [-0.05, 0) is 43.2 Å². The number of nitrogens with zero attached hydrogens (tertiary/aromatic N) is 3. The van der Waals surface area contributed by atoms with E-state index in [1.54, 1.807) is 23.1 Å². The molecule has 4 rings (SSSR count). The number of nitrogens with one attached hydrogen (secondary N) is 2. The largest absolute Gasteiger partial charge is 0.477 e. The maximum atomic E-state index is 12.8. The quantitative estimate of drug-likeness (QED) is 0.344. The first-order chi connectivity index (χ1) is 16.8. The second kappa shape index (κ2) is 9.55. The summed E-state index contributed by atoms with van der Waals surface area (Å²) in [6, 6.07) is 14.0. The first kappa shape index (κ1) is 23.9. The average molecular weight is 474 g/mol. The Kier molecular flexibility index (Phi) is 6.52. The Bertz CT molecular complexity index is 1280. The zero-order chi connectivity index (χ0) is 25.2. The molecular formula is C26H27N5O4. The fourth-order valence-corrected chi connectivity index (χ4v) is 4.22. The van der Waals surface area contributed by atoms with Crippen LogP contribution < -0.4 is 10.6 Å². The predicted octanol–water partition coefficient (Wildman–Crippen LogP) is 3.94. The highest BCUT2D eigenvalue weighted by Crippen LogP contribution is 2.40. The molecule has 180 valence electrons. The number of carboxylic acid groups (broad SMARTS) is 1. The maximum absolute atomic E-state index is 12.8. The third-order valence-electron chi connectivity index (χ3n) is 6.11. The Morgan fingerprint density at radius 2 is 1.97 bits per heavy atom. The van der Waals surface area contributed by atoms with Gasteiger partial charge in [-0.15, -0.1) is 6.58 Å². The van der Waals surface area contributed by atoms with Gasteiger partial charge in [0.1, 0.15) is 11.4 Å². The molecule has 1 aromatic heterocycles. The van der Waals surface area contributed by atoms with Gasteiger partial charge in [0, 0.05) is 24.0 Å². The highest BCUT2D eigenvalue weighted by molar-refractivity contribution is 6.00. The third-order valence-corrected chi connectivity index (χ3v) is 6.11. The number of anilines is 3. The van der Waals surface area contributed by atoms with Crippen molar-refractivity contribution in [3.63, 3.8) is 0 Å². The van der Waals surface area contributed by atoms with Crippen LogP contribution in [0.2, 0.25) is 0 Å². The molecule has 1 aliphatic heterocycles. The molecule has 4 N–H and O–H groups in total. The lowest BCUT2D eigenvalue weighted by Crippen LogP contribution is -2.39. The van der Waals surface area contributed by atoms with E-state index in [2.05, 4.69) is 27.2 Å². The topological polar surface area (TPSA) is 128 Å². The minimum Gasteiger partial charge on any atom is -0.477 e. The van der Waals surface area contributed by atoms with E-state index in [1.165, 1.54) is 6.20 Å². The van der Waals surface area contributed by atoms with Crippen molar-refractivity contribution in [1.82, 2.24) is 14.9 Å². The molecule has 0 bridgehead atoms. The van der Waals surface area contributed by atoms with Crippen LogP contribution >= 0.6 is 0 Å². The minimum absolute atomic E-state index is 0.0547. The summed E-state index contributed by atoms with van der Waals surface area (Å²) in [7, 11) is 0. The molecule has 9 heteroatoms. The monoisotopic (exact) mass is 473 g/mol. The number of rotatable bonds is 9. The van der Waals surface area contributed by atoms with E-state index in [1.807, 2.05) is 50.2 Å². The van der Waals surface area contributed by atoms with Crippen LogP contribution in [0.15, 0.2) is 67.4 Å². The zero-order valence-corrected chi connectivity index (χ0v) is 19.5. The van der Waals surface area contributed by atoms with Crippen molar-refractivity contribution in [3.05, 3.63) is 89.6 Å². The Morgan fingerprint density at radius 1 is 1.23 bits per heavy atom. The number of carboxylic acids is 1. The van der Waals surface area contributed by atoms with Gasteiger partial charge in [-0.2, -0.15) is 4.98 Å². The molecule has 0 fully saturated rings. The normalized spacial score (nSPS) is 14.8. The van der Waals surface area contributed by atoms with Crippen molar-refractivity contribution in [2.75, 3.05) is 23.8 Å². The summed E-state index contributed by atoms with van der Waals surface area (Å²) in [6.45, 7) is 7.87. The number of aromatic carboxylic acids is 1. The van der Waals surface area contributed by atoms with E-state index >= 15 is 0 Å². The zero-order valence-electron chi connectivity index (χ0n) is 19.5. The fourth-order valence-electron chi connectivity index (χ4n) is 4.22. The smallest absolute Gasteiger partial charge is 0.341 e. The Balaban J connectivity index is 1.64. The summed E-state index contributed by atoms with van der Waals surface area (Å²) in [5, 5.41) is 25.6. The summed E-state index contributed by atoms with van der Waals surface area (Å²) in [5.74, 6) is -0.996. The molecular weight excluding hydrogens is 446 g/mol. The van der Waals surface area contributed by atoms with Gasteiger partial charge >= 0.3 is 5.97 Å². The van der Waals surface area contributed by atoms with Gasteiger partial charge in [-0.25, -0.2) is 9.78 Å². The summed E-state index contributed by atoms with van der Waals surface area (Å²) in [4.78, 5) is 34.9. The van der Waals surface area contributed by atoms with Gasteiger partial charge < -0.3 is 25.7 Å². The number of amides is 1. The van der Waals surface area contributed by atoms with Gasteiger partial charge in [0.05, 0.1) is 18.2 Å². The molecule has 3 aromatic rings. The van der Waals surface area contributed by atoms with E-state index in [0.29, 0.717) is 17.8 Å². The van der Waals surface area contributed by atoms with Crippen LogP contribution in [0.25, 0.3) is 0 Å². The van der Waals surface area contributed by atoms with Gasteiger partial charge in [-0.1, -0.05) is 36.4 Å². The molecule has 2 aromatic carbocycles. The van der Waals surface area contributed by atoms with Crippen molar-refractivity contribution < 1.29 is 19.8 Å². The summed E-state index contributed by atoms with van der Waals surface area (Å²) in [5.41, 5.74) is 2.28. The van der Waals surface area contributed by atoms with Crippen molar-refractivity contribution in [1.29, 1.82) is 0 Å². The summed E-state index contributed by atoms with van der Waals surface area (Å²) >= 11 is 0. The lowest BCUT2D eigenvalue weighted by Gasteiger charge is -2.31. The summed E-state index contributed by atoms with van der Waals surface area (Å²) in [6.07, 6.45) is 2.91. The number of carbonyl (C=O) groups is 2. The molecule has 35 heavy (non-hydrogen) atoms. The van der Waals surface area contributed by atoms with Gasteiger partial charge in [0.2, 0.25) is 5.95 Å². The second-order valence-corrected chi connectivity index (χ2v) is 8.70. The van der Waals surface area contributed by atoms with Crippen LogP contribution in [0.3, 0.4) is 0 Å². The number of carbonyl (C=O) groups excluding carboxylic acids is 1. The van der Waals surface area contributed by atoms with E-state index < -0.39 is 17.6 Å². The van der Waals surface area contributed by atoms with Gasteiger partial charge in [-0.3, -0.25) is 4.79 Å². The molecule has 9 nitrogen and oxygen atoms in total. The SMILES string of the molecule is C=CCN1C(=O)c2ccc(Nc3ncc(C(=O)O)c(N[C@H](CO)c4ccccc4)n3)cc2C1(C)C. The molecule has 0 radical (unpaired) electrons. The molecule has 0 unspecified atom stereocenters. The molecule has 0 spiro atoms. The molecule has 0 aliphatic carbocycles. The van der Waals surface area contributed by atoms with Crippen molar-refractivity contribution in [2.45, 2.75) is 25.4 Å².